The van der Waals surface area contributed by atoms with Crippen molar-refractivity contribution in [2.45, 2.75) is 50.5 Å². The second-order valence-electron chi connectivity index (χ2n) is 7.60. The Balaban J connectivity index is 1.19. The molecule has 0 spiro atoms. The van der Waals surface area contributed by atoms with E-state index in [0.29, 0.717) is 25.1 Å². The Morgan fingerprint density at radius 3 is 2.56 bits per heavy atom. The third-order valence-electron chi connectivity index (χ3n) is 5.69. The molecular formula is C22H26F2N2O. The molecule has 1 fully saturated rings. The Bertz CT molecular complexity index is 768. The molecule has 0 aromatic heterocycles. The molecule has 2 aromatic carbocycles. The van der Waals surface area contributed by atoms with Crippen molar-refractivity contribution in [1.29, 1.82) is 0 Å². The zero-order chi connectivity index (χ0) is 18.6. The van der Waals surface area contributed by atoms with Crippen molar-refractivity contribution in [3.8, 4) is 5.75 Å². The molecule has 0 unspecified atom stereocenters. The number of rotatable bonds is 6. The minimum absolute atomic E-state index is 0.496. The summed E-state index contributed by atoms with van der Waals surface area (Å²) >= 11 is 0. The average Bonchev–Trinajstić information content (AvgIpc) is 3.13. The van der Waals surface area contributed by atoms with Gasteiger partial charge in [0, 0.05) is 12.1 Å². The van der Waals surface area contributed by atoms with E-state index in [4.69, 9.17) is 4.74 Å². The molecule has 144 valence electrons. The molecule has 2 aliphatic rings. The quantitative estimate of drug-likeness (QED) is 0.702. The number of aryl methyl sites for hydroxylation is 1. The molecule has 1 aliphatic heterocycles. The summed E-state index contributed by atoms with van der Waals surface area (Å²) in [4.78, 5) is 0. The molecule has 0 amide bonds. The van der Waals surface area contributed by atoms with E-state index in [1.165, 1.54) is 30.5 Å². The lowest BCUT2D eigenvalue weighted by molar-refractivity contribution is 0.340. The Morgan fingerprint density at radius 1 is 1.00 bits per heavy atom. The first-order chi connectivity index (χ1) is 13.2. The van der Waals surface area contributed by atoms with E-state index >= 15 is 0 Å². The highest BCUT2D eigenvalue weighted by Gasteiger charge is 2.23. The predicted octanol–water partition coefficient (Wildman–Crippen LogP) is 4.98. The van der Waals surface area contributed by atoms with Crippen LogP contribution in [0.5, 0.6) is 5.75 Å². The third kappa shape index (κ3) is 4.59. The van der Waals surface area contributed by atoms with Crippen LogP contribution in [0, 0.1) is 11.6 Å². The van der Waals surface area contributed by atoms with E-state index in [0.717, 1.165) is 48.9 Å². The first kappa shape index (κ1) is 18.2. The van der Waals surface area contributed by atoms with Gasteiger partial charge in [0.1, 0.15) is 17.4 Å². The minimum atomic E-state index is -0.496. The molecule has 0 radical (unpaired) electrons. The van der Waals surface area contributed by atoms with Crippen molar-refractivity contribution >= 4 is 5.69 Å². The molecule has 1 heterocycles. The normalized spacial score (nSPS) is 21.4. The van der Waals surface area contributed by atoms with Crippen molar-refractivity contribution in [2.24, 2.45) is 0 Å². The first-order valence-corrected chi connectivity index (χ1v) is 9.86. The molecule has 4 rings (SSSR count). The lowest BCUT2D eigenvalue weighted by Gasteiger charge is -2.29. The number of halogens is 2. The van der Waals surface area contributed by atoms with Gasteiger partial charge >= 0.3 is 0 Å². The molecule has 1 aliphatic carbocycles. The van der Waals surface area contributed by atoms with E-state index in [1.807, 2.05) is 0 Å². The molecule has 27 heavy (non-hydrogen) atoms. The van der Waals surface area contributed by atoms with Crippen LogP contribution in [0.15, 0.2) is 36.4 Å². The second kappa shape index (κ2) is 8.26. The van der Waals surface area contributed by atoms with E-state index in [2.05, 4.69) is 28.8 Å². The van der Waals surface area contributed by atoms with Gasteiger partial charge in [-0.3, -0.25) is 0 Å². The largest absolute Gasteiger partial charge is 0.471 e. The Hall–Kier alpha value is -2.14. The summed E-state index contributed by atoms with van der Waals surface area (Å²) in [6.07, 6.45) is 6.26. The van der Waals surface area contributed by atoms with Crippen LogP contribution in [0.2, 0.25) is 0 Å². The number of fused-ring (bicyclic) bond motifs is 1. The topological polar surface area (TPSA) is 33.3 Å². The van der Waals surface area contributed by atoms with Crippen LogP contribution in [0.1, 0.15) is 49.1 Å². The summed E-state index contributed by atoms with van der Waals surface area (Å²) in [6, 6.07) is 10.8. The van der Waals surface area contributed by atoms with Crippen molar-refractivity contribution in [2.75, 3.05) is 18.6 Å². The van der Waals surface area contributed by atoms with Crippen molar-refractivity contribution in [3.63, 3.8) is 0 Å². The van der Waals surface area contributed by atoms with Crippen LogP contribution in [0.4, 0.5) is 14.5 Å². The number of anilines is 1. The zero-order valence-electron chi connectivity index (χ0n) is 15.4. The highest BCUT2D eigenvalue weighted by Crippen LogP contribution is 2.38. The van der Waals surface area contributed by atoms with Crippen LogP contribution in [0.25, 0.3) is 0 Å². The number of ether oxygens (including phenoxy) is 1. The second-order valence-corrected chi connectivity index (χ2v) is 7.60. The number of nitrogens with one attached hydrogen (secondary N) is 2. The summed E-state index contributed by atoms with van der Waals surface area (Å²) in [5.41, 5.74) is 3.20. The van der Waals surface area contributed by atoms with E-state index < -0.39 is 11.6 Å². The Labute approximate surface area is 159 Å². The lowest BCUT2D eigenvalue weighted by Crippen LogP contribution is -2.33. The SMILES string of the molecule is Fc1cc(F)cc(CCCNC2CCC(c3ccc4c(c3)OCN4)CC2)c1. The van der Waals surface area contributed by atoms with Gasteiger partial charge in [0.2, 0.25) is 0 Å². The first-order valence-electron chi connectivity index (χ1n) is 9.86. The molecule has 1 saturated carbocycles. The molecule has 2 N–H and O–H groups in total. The van der Waals surface area contributed by atoms with E-state index in [-0.39, 0.29) is 0 Å². The van der Waals surface area contributed by atoms with Crippen molar-refractivity contribution < 1.29 is 13.5 Å². The van der Waals surface area contributed by atoms with E-state index in [9.17, 15) is 8.78 Å². The van der Waals surface area contributed by atoms with Crippen LogP contribution < -0.4 is 15.4 Å². The lowest BCUT2D eigenvalue weighted by atomic mass is 9.81. The third-order valence-corrected chi connectivity index (χ3v) is 5.69. The summed E-state index contributed by atoms with van der Waals surface area (Å²) in [5, 5.41) is 6.82. The van der Waals surface area contributed by atoms with E-state index in [1.54, 1.807) is 0 Å². The van der Waals surface area contributed by atoms with Gasteiger partial charge in [0.15, 0.2) is 6.73 Å². The zero-order valence-corrected chi connectivity index (χ0v) is 15.4. The fraction of sp³-hybridized carbons (Fsp3) is 0.455. The summed E-state index contributed by atoms with van der Waals surface area (Å²) in [6.45, 7) is 1.45. The maximum Gasteiger partial charge on any atom is 0.159 e. The van der Waals surface area contributed by atoms with Crippen molar-refractivity contribution in [3.05, 3.63) is 59.2 Å². The van der Waals surface area contributed by atoms with Crippen LogP contribution >= 0.6 is 0 Å². The van der Waals surface area contributed by atoms with Crippen LogP contribution in [-0.2, 0) is 6.42 Å². The Kier molecular flexibility index (Phi) is 5.58. The smallest absolute Gasteiger partial charge is 0.159 e. The van der Waals surface area contributed by atoms with Crippen molar-refractivity contribution in [1.82, 2.24) is 5.32 Å². The fourth-order valence-corrected chi connectivity index (χ4v) is 4.23. The van der Waals surface area contributed by atoms with Gasteiger partial charge in [0.05, 0.1) is 5.69 Å². The summed E-state index contributed by atoms with van der Waals surface area (Å²) in [7, 11) is 0. The molecule has 3 nitrogen and oxygen atoms in total. The standard InChI is InChI=1S/C22H26F2N2O/c23-18-10-15(11-19(24)13-18)2-1-9-25-20-6-3-16(4-7-20)17-5-8-21-22(12-17)27-14-26-21/h5,8,10-13,16,20,25-26H,1-4,6-7,9,14H2. The summed E-state index contributed by atoms with van der Waals surface area (Å²) < 4.78 is 32.0. The van der Waals surface area contributed by atoms with Gasteiger partial charge in [-0.25, -0.2) is 8.78 Å². The summed E-state index contributed by atoms with van der Waals surface area (Å²) in [5.74, 6) is 0.586. The van der Waals surface area contributed by atoms with Gasteiger partial charge in [-0.05, 0) is 86.4 Å². The van der Waals surface area contributed by atoms with Gasteiger partial charge in [-0.15, -0.1) is 0 Å². The molecule has 0 atom stereocenters. The van der Waals surface area contributed by atoms with Crippen LogP contribution in [0.3, 0.4) is 0 Å². The van der Waals surface area contributed by atoms with Crippen LogP contribution in [-0.4, -0.2) is 19.3 Å². The van der Waals surface area contributed by atoms with Gasteiger partial charge in [0.25, 0.3) is 0 Å². The maximum atomic E-state index is 13.2. The van der Waals surface area contributed by atoms with Gasteiger partial charge in [-0.2, -0.15) is 0 Å². The molecule has 0 bridgehead atoms. The number of hydrogen-bond donors (Lipinski definition) is 2. The number of hydrogen-bond acceptors (Lipinski definition) is 3. The molecule has 0 saturated heterocycles. The molecule has 2 aromatic rings. The molecular weight excluding hydrogens is 346 g/mol. The average molecular weight is 372 g/mol. The maximum absolute atomic E-state index is 13.2. The highest BCUT2D eigenvalue weighted by atomic mass is 19.1. The molecule has 5 heteroatoms. The fourth-order valence-electron chi connectivity index (χ4n) is 4.23. The Morgan fingerprint density at radius 2 is 1.78 bits per heavy atom. The number of benzene rings is 2. The monoisotopic (exact) mass is 372 g/mol. The predicted molar refractivity (Wildman–Crippen MR) is 103 cm³/mol. The van der Waals surface area contributed by atoms with Gasteiger partial charge < -0.3 is 15.4 Å². The minimum Gasteiger partial charge on any atom is -0.471 e. The highest BCUT2D eigenvalue weighted by molar-refractivity contribution is 5.60. The van der Waals surface area contributed by atoms with Gasteiger partial charge in [-0.1, -0.05) is 6.07 Å².